The van der Waals surface area contributed by atoms with Crippen molar-refractivity contribution in [1.82, 2.24) is 10.2 Å². The summed E-state index contributed by atoms with van der Waals surface area (Å²) in [6.45, 7) is 13.1. The highest BCUT2D eigenvalue weighted by Crippen LogP contribution is 2.29. The van der Waals surface area contributed by atoms with Crippen LogP contribution < -0.4 is 9.62 Å². The second-order valence-corrected chi connectivity index (χ2v) is 12.7. The molecule has 3 rings (SSSR count). The monoisotopic (exact) mass is 577 g/mol. The standard InChI is InChI=1S/C33H43N3O4S/c1-8-27(7)34-33(38)30(9-2)35(21-28-16-11-23(3)12-17-28)32(37)22-36(31-20-25(5)10-15-26(31)6)41(39,40)29-18-13-24(4)14-19-29/h10-20,27,30H,8-9,21-22H2,1-7H3,(H,34,38)/t27-,30-/m0/s1. The van der Waals surface area contributed by atoms with Crippen molar-refractivity contribution in [3.05, 3.63) is 94.5 Å². The fourth-order valence-electron chi connectivity index (χ4n) is 4.59. The molecule has 0 aliphatic rings. The number of amides is 2. The molecule has 41 heavy (non-hydrogen) atoms. The minimum atomic E-state index is -4.11. The Bertz CT molecular complexity index is 1450. The molecule has 0 aliphatic carbocycles. The van der Waals surface area contributed by atoms with E-state index in [9.17, 15) is 18.0 Å². The molecule has 3 aromatic rings. The fourth-order valence-corrected chi connectivity index (χ4v) is 6.06. The van der Waals surface area contributed by atoms with E-state index in [0.29, 0.717) is 12.1 Å². The molecule has 0 fully saturated rings. The molecule has 1 N–H and O–H groups in total. The number of carbonyl (C=O) groups is 2. The van der Waals surface area contributed by atoms with Gasteiger partial charge in [0, 0.05) is 12.6 Å². The third kappa shape index (κ3) is 7.97. The maximum Gasteiger partial charge on any atom is 0.264 e. The Morgan fingerprint density at radius 3 is 1.93 bits per heavy atom. The third-order valence-electron chi connectivity index (χ3n) is 7.38. The molecule has 0 radical (unpaired) electrons. The van der Waals surface area contributed by atoms with Crippen LogP contribution in [0, 0.1) is 27.7 Å². The van der Waals surface area contributed by atoms with Crippen molar-refractivity contribution in [1.29, 1.82) is 0 Å². The number of rotatable bonds is 12. The van der Waals surface area contributed by atoms with Gasteiger partial charge < -0.3 is 10.2 Å². The highest BCUT2D eigenvalue weighted by Gasteiger charge is 2.34. The van der Waals surface area contributed by atoms with E-state index in [2.05, 4.69) is 5.32 Å². The molecule has 0 unspecified atom stereocenters. The lowest BCUT2D eigenvalue weighted by Crippen LogP contribution is -2.53. The Hall–Kier alpha value is -3.65. The van der Waals surface area contributed by atoms with E-state index in [1.165, 1.54) is 9.21 Å². The van der Waals surface area contributed by atoms with Gasteiger partial charge in [0.05, 0.1) is 10.6 Å². The first kappa shape index (κ1) is 31.9. The molecule has 0 heterocycles. The fraction of sp³-hybridized carbons (Fsp3) is 0.394. The highest BCUT2D eigenvalue weighted by molar-refractivity contribution is 7.92. The number of benzene rings is 3. The number of nitrogens with zero attached hydrogens (tertiary/aromatic N) is 2. The number of hydrogen-bond donors (Lipinski definition) is 1. The van der Waals surface area contributed by atoms with E-state index >= 15 is 0 Å². The van der Waals surface area contributed by atoms with Gasteiger partial charge in [-0.05, 0) is 82.3 Å². The summed E-state index contributed by atoms with van der Waals surface area (Å²) in [6.07, 6.45) is 1.14. The van der Waals surface area contributed by atoms with Crippen molar-refractivity contribution in [3.8, 4) is 0 Å². The van der Waals surface area contributed by atoms with E-state index in [0.717, 1.165) is 34.2 Å². The minimum Gasteiger partial charge on any atom is -0.352 e. The molecule has 0 spiro atoms. The van der Waals surface area contributed by atoms with E-state index < -0.39 is 28.5 Å². The summed E-state index contributed by atoms with van der Waals surface area (Å²) in [5.41, 5.74) is 4.91. The van der Waals surface area contributed by atoms with E-state index in [-0.39, 0.29) is 23.4 Å². The van der Waals surface area contributed by atoms with Crippen molar-refractivity contribution < 1.29 is 18.0 Å². The second-order valence-electron chi connectivity index (χ2n) is 10.9. The average Bonchev–Trinajstić information content (AvgIpc) is 2.94. The lowest BCUT2D eigenvalue weighted by molar-refractivity contribution is -0.140. The predicted octanol–water partition coefficient (Wildman–Crippen LogP) is 5.84. The Balaban J connectivity index is 2.10. The SMILES string of the molecule is CC[C@H](C)NC(=O)[C@H](CC)N(Cc1ccc(C)cc1)C(=O)CN(c1cc(C)ccc1C)S(=O)(=O)c1ccc(C)cc1. The van der Waals surface area contributed by atoms with Gasteiger partial charge in [-0.25, -0.2) is 8.42 Å². The molecule has 3 aromatic carbocycles. The summed E-state index contributed by atoms with van der Waals surface area (Å²) >= 11 is 0. The molecule has 2 atom stereocenters. The lowest BCUT2D eigenvalue weighted by atomic mass is 10.1. The van der Waals surface area contributed by atoms with Crippen molar-refractivity contribution in [3.63, 3.8) is 0 Å². The van der Waals surface area contributed by atoms with E-state index in [1.54, 1.807) is 30.3 Å². The molecule has 0 saturated carbocycles. The second kappa shape index (κ2) is 13.8. The Morgan fingerprint density at radius 2 is 1.37 bits per heavy atom. The molecule has 0 aliphatic heterocycles. The van der Waals surface area contributed by atoms with Crippen molar-refractivity contribution >= 4 is 27.5 Å². The maximum atomic E-state index is 14.2. The molecular weight excluding hydrogens is 534 g/mol. The Kier molecular flexibility index (Phi) is 10.7. The zero-order valence-corrected chi connectivity index (χ0v) is 26.1. The van der Waals surface area contributed by atoms with Crippen LogP contribution in [0.3, 0.4) is 0 Å². The van der Waals surface area contributed by atoms with Gasteiger partial charge in [-0.3, -0.25) is 13.9 Å². The Morgan fingerprint density at radius 1 is 0.805 bits per heavy atom. The molecule has 0 saturated heterocycles. The number of nitrogens with one attached hydrogen (secondary N) is 1. The average molecular weight is 578 g/mol. The van der Waals surface area contributed by atoms with E-state index in [1.807, 2.05) is 84.9 Å². The maximum absolute atomic E-state index is 14.2. The number of hydrogen-bond acceptors (Lipinski definition) is 4. The van der Waals surface area contributed by atoms with Crippen LogP contribution in [0.5, 0.6) is 0 Å². The van der Waals surface area contributed by atoms with Gasteiger partial charge in [0.2, 0.25) is 11.8 Å². The molecule has 0 bridgehead atoms. The topological polar surface area (TPSA) is 86.8 Å². The summed E-state index contributed by atoms with van der Waals surface area (Å²) in [5.74, 6) is -0.699. The molecule has 8 heteroatoms. The van der Waals surface area contributed by atoms with Crippen LogP contribution in [0.15, 0.2) is 71.6 Å². The first-order valence-electron chi connectivity index (χ1n) is 14.2. The van der Waals surface area contributed by atoms with Gasteiger partial charge in [-0.2, -0.15) is 0 Å². The van der Waals surface area contributed by atoms with E-state index in [4.69, 9.17) is 0 Å². The van der Waals surface area contributed by atoms with Gasteiger partial charge in [0.25, 0.3) is 10.0 Å². The van der Waals surface area contributed by atoms with Crippen molar-refractivity contribution in [2.75, 3.05) is 10.8 Å². The Labute approximate surface area is 245 Å². The van der Waals surface area contributed by atoms with Crippen LogP contribution in [0.2, 0.25) is 0 Å². The predicted molar refractivity (Wildman–Crippen MR) is 165 cm³/mol. The first-order valence-corrected chi connectivity index (χ1v) is 15.6. The highest BCUT2D eigenvalue weighted by atomic mass is 32.2. The minimum absolute atomic E-state index is 0.0544. The van der Waals surface area contributed by atoms with Crippen LogP contribution >= 0.6 is 0 Å². The van der Waals surface area contributed by atoms with Gasteiger partial charge in [0.1, 0.15) is 12.6 Å². The van der Waals surface area contributed by atoms with Gasteiger partial charge >= 0.3 is 0 Å². The zero-order chi connectivity index (χ0) is 30.3. The summed E-state index contributed by atoms with van der Waals surface area (Å²) in [7, 11) is -4.11. The van der Waals surface area contributed by atoms with Crippen LogP contribution in [0.25, 0.3) is 0 Å². The normalized spacial score (nSPS) is 12.9. The third-order valence-corrected chi connectivity index (χ3v) is 9.16. The van der Waals surface area contributed by atoms with Crippen LogP contribution in [0.1, 0.15) is 61.4 Å². The van der Waals surface area contributed by atoms with Gasteiger partial charge in [-0.1, -0.05) is 73.5 Å². The van der Waals surface area contributed by atoms with Crippen LogP contribution in [-0.4, -0.2) is 43.8 Å². The summed E-state index contributed by atoms with van der Waals surface area (Å²) in [4.78, 5) is 29.2. The first-order chi connectivity index (χ1) is 19.4. The zero-order valence-electron chi connectivity index (χ0n) is 25.3. The van der Waals surface area contributed by atoms with Gasteiger partial charge in [0.15, 0.2) is 0 Å². The van der Waals surface area contributed by atoms with Gasteiger partial charge in [-0.15, -0.1) is 0 Å². The largest absolute Gasteiger partial charge is 0.352 e. The number of sulfonamides is 1. The molecule has 220 valence electrons. The van der Waals surface area contributed by atoms with Crippen molar-refractivity contribution in [2.45, 2.75) is 84.8 Å². The smallest absolute Gasteiger partial charge is 0.264 e. The van der Waals surface area contributed by atoms with Crippen LogP contribution in [0.4, 0.5) is 5.69 Å². The quantitative estimate of drug-likeness (QED) is 0.293. The number of aryl methyl sites for hydroxylation is 4. The number of anilines is 1. The van der Waals surface area contributed by atoms with Crippen LogP contribution in [-0.2, 0) is 26.2 Å². The molecule has 0 aromatic heterocycles. The summed E-state index contributed by atoms with van der Waals surface area (Å²) in [5, 5.41) is 3.01. The molecular formula is C33H43N3O4S. The lowest BCUT2D eigenvalue weighted by Gasteiger charge is -2.34. The summed E-state index contributed by atoms with van der Waals surface area (Å²) < 4.78 is 29.4. The van der Waals surface area contributed by atoms with Crippen molar-refractivity contribution in [2.24, 2.45) is 0 Å². The summed E-state index contributed by atoms with van der Waals surface area (Å²) in [6, 6.07) is 19.1. The molecule has 2 amide bonds. The number of carbonyl (C=O) groups excluding carboxylic acids is 2. The molecule has 7 nitrogen and oxygen atoms in total.